The van der Waals surface area contributed by atoms with Gasteiger partial charge >= 0.3 is 0 Å². The van der Waals surface area contributed by atoms with Crippen LogP contribution in [0.1, 0.15) is 11.1 Å². The average molecular weight is 158 g/mol. The van der Waals surface area contributed by atoms with E-state index in [2.05, 4.69) is 17.0 Å². The molecule has 1 aromatic carbocycles. The van der Waals surface area contributed by atoms with Crippen molar-refractivity contribution in [3.05, 3.63) is 29.3 Å². The number of rotatable bonds is 1. The lowest BCUT2D eigenvalue weighted by Gasteiger charge is -2.04. The monoisotopic (exact) mass is 158 g/mol. The highest BCUT2D eigenvalue weighted by Gasteiger charge is 2.20. The first kappa shape index (κ1) is 7.17. The summed E-state index contributed by atoms with van der Waals surface area (Å²) in [6, 6.07) is 8.23. The van der Waals surface area contributed by atoms with Crippen LogP contribution in [-0.2, 0) is 0 Å². The summed E-state index contributed by atoms with van der Waals surface area (Å²) >= 11 is 0. The second-order valence-corrected chi connectivity index (χ2v) is 3.12. The number of nitriles is 1. The van der Waals surface area contributed by atoms with Gasteiger partial charge in [0.1, 0.15) is 6.07 Å². The van der Waals surface area contributed by atoms with Gasteiger partial charge in [0.05, 0.1) is 11.3 Å². The highest BCUT2D eigenvalue weighted by Crippen LogP contribution is 2.25. The normalized spacial score (nSPS) is 14.2. The molecule has 0 unspecified atom stereocenters. The maximum atomic E-state index is 8.84. The van der Waals surface area contributed by atoms with E-state index in [1.807, 2.05) is 19.1 Å². The van der Waals surface area contributed by atoms with E-state index in [-0.39, 0.29) is 0 Å². The van der Waals surface area contributed by atoms with Crippen molar-refractivity contribution in [2.45, 2.75) is 6.92 Å². The van der Waals surface area contributed by atoms with E-state index >= 15 is 0 Å². The summed E-state index contributed by atoms with van der Waals surface area (Å²) in [4.78, 5) is 2.19. The van der Waals surface area contributed by atoms with Gasteiger partial charge in [-0.3, -0.25) is 0 Å². The summed E-state index contributed by atoms with van der Waals surface area (Å²) in [5.74, 6) is 0. The molecule has 1 aliphatic rings. The van der Waals surface area contributed by atoms with Crippen molar-refractivity contribution in [3.8, 4) is 6.07 Å². The average Bonchev–Trinajstić information content (AvgIpc) is 2.87. The number of anilines is 1. The number of hydrogen-bond donors (Lipinski definition) is 0. The molecule has 60 valence electrons. The Bertz CT molecular complexity index is 345. The summed E-state index contributed by atoms with van der Waals surface area (Å²) in [6.45, 7) is 4.20. The maximum absolute atomic E-state index is 8.84. The molecular weight excluding hydrogens is 148 g/mol. The fourth-order valence-corrected chi connectivity index (χ4v) is 1.31. The Kier molecular flexibility index (Phi) is 1.51. The van der Waals surface area contributed by atoms with Crippen molar-refractivity contribution in [2.75, 3.05) is 18.0 Å². The third kappa shape index (κ3) is 1.14. The third-order valence-electron chi connectivity index (χ3n) is 2.06. The van der Waals surface area contributed by atoms with E-state index in [4.69, 9.17) is 5.26 Å². The van der Waals surface area contributed by atoms with Gasteiger partial charge in [0.15, 0.2) is 0 Å². The zero-order valence-corrected chi connectivity index (χ0v) is 7.04. The molecule has 12 heavy (non-hydrogen) atoms. The molecule has 1 saturated heterocycles. The molecule has 2 rings (SSSR count). The van der Waals surface area contributed by atoms with E-state index in [1.54, 1.807) is 0 Å². The first-order chi connectivity index (χ1) is 5.81. The molecule has 0 radical (unpaired) electrons. The van der Waals surface area contributed by atoms with Gasteiger partial charge in [-0.05, 0) is 24.6 Å². The van der Waals surface area contributed by atoms with E-state index in [0.29, 0.717) is 0 Å². The predicted octanol–water partition coefficient (Wildman–Crippen LogP) is 1.69. The highest BCUT2D eigenvalue weighted by atomic mass is 15.3. The Balaban J connectivity index is 2.47. The third-order valence-corrected chi connectivity index (χ3v) is 2.06. The summed E-state index contributed by atoms with van der Waals surface area (Å²) < 4.78 is 0. The maximum Gasteiger partial charge on any atom is 0.101 e. The molecule has 2 heteroatoms. The molecule has 1 heterocycles. The Morgan fingerprint density at radius 2 is 2.17 bits per heavy atom. The van der Waals surface area contributed by atoms with Crippen LogP contribution < -0.4 is 4.90 Å². The molecule has 0 aromatic heterocycles. The van der Waals surface area contributed by atoms with Gasteiger partial charge in [-0.2, -0.15) is 5.26 Å². The minimum atomic E-state index is 0.799. The molecule has 0 bridgehead atoms. The molecule has 1 aliphatic heterocycles. The van der Waals surface area contributed by atoms with E-state index < -0.39 is 0 Å². The van der Waals surface area contributed by atoms with Gasteiger partial charge in [0.2, 0.25) is 0 Å². The quantitative estimate of drug-likeness (QED) is 0.581. The topological polar surface area (TPSA) is 26.8 Å². The fourth-order valence-electron chi connectivity index (χ4n) is 1.31. The molecule has 0 amide bonds. The molecule has 0 saturated carbocycles. The number of benzene rings is 1. The molecule has 0 aliphatic carbocycles. The predicted molar refractivity (Wildman–Crippen MR) is 48.1 cm³/mol. The Labute approximate surface area is 72.0 Å². The largest absolute Gasteiger partial charge is 0.367 e. The minimum absolute atomic E-state index is 0.799. The van der Waals surface area contributed by atoms with Crippen LogP contribution in [0.15, 0.2) is 18.2 Å². The van der Waals surface area contributed by atoms with Crippen LogP contribution in [0, 0.1) is 18.3 Å². The van der Waals surface area contributed by atoms with Crippen molar-refractivity contribution in [3.63, 3.8) is 0 Å². The molecular formula is C10H10N2. The van der Waals surface area contributed by atoms with Crippen LogP contribution in [0.4, 0.5) is 5.69 Å². The van der Waals surface area contributed by atoms with E-state index in [0.717, 1.165) is 29.9 Å². The Morgan fingerprint density at radius 1 is 1.42 bits per heavy atom. The number of hydrogen-bond acceptors (Lipinski definition) is 2. The molecule has 0 N–H and O–H groups in total. The lowest BCUT2D eigenvalue weighted by Crippen LogP contribution is -1.94. The van der Waals surface area contributed by atoms with Crippen LogP contribution in [0.2, 0.25) is 0 Å². The minimum Gasteiger partial charge on any atom is -0.367 e. The lowest BCUT2D eigenvalue weighted by molar-refractivity contribution is 1.33. The van der Waals surface area contributed by atoms with Crippen molar-refractivity contribution < 1.29 is 0 Å². The van der Waals surface area contributed by atoms with Gasteiger partial charge in [0.25, 0.3) is 0 Å². The molecule has 0 atom stereocenters. The molecule has 1 fully saturated rings. The Hall–Kier alpha value is -1.49. The van der Waals surface area contributed by atoms with E-state index in [1.165, 1.54) is 0 Å². The summed E-state index contributed by atoms with van der Waals surface area (Å²) in [6.07, 6.45) is 0. The standard InChI is InChI=1S/C10H10N2/c1-8-2-3-10(12-4-5-12)9(6-8)7-11/h2-3,6H,4-5H2,1H3. The first-order valence-electron chi connectivity index (χ1n) is 4.07. The van der Waals surface area contributed by atoms with Gasteiger partial charge in [-0.25, -0.2) is 0 Å². The van der Waals surface area contributed by atoms with Crippen molar-refractivity contribution in [1.29, 1.82) is 5.26 Å². The molecule has 2 nitrogen and oxygen atoms in total. The SMILES string of the molecule is Cc1ccc(N2CC2)c(C#N)c1. The number of aryl methyl sites for hydroxylation is 1. The molecule has 1 aromatic rings. The van der Waals surface area contributed by atoms with Gasteiger partial charge in [-0.15, -0.1) is 0 Å². The van der Waals surface area contributed by atoms with Gasteiger partial charge < -0.3 is 4.90 Å². The van der Waals surface area contributed by atoms with Crippen molar-refractivity contribution in [2.24, 2.45) is 0 Å². The van der Waals surface area contributed by atoms with Gasteiger partial charge in [0, 0.05) is 13.1 Å². The van der Waals surface area contributed by atoms with Gasteiger partial charge in [-0.1, -0.05) is 6.07 Å². The van der Waals surface area contributed by atoms with Crippen LogP contribution >= 0.6 is 0 Å². The van der Waals surface area contributed by atoms with Crippen molar-refractivity contribution in [1.82, 2.24) is 0 Å². The van der Waals surface area contributed by atoms with Crippen molar-refractivity contribution >= 4 is 5.69 Å². The van der Waals surface area contributed by atoms with Crippen LogP contribution in [-0.4, -0.2) is 13.1 Å². The van der Waals surface area contributed by atoms with E-state index in [9.17, 15) is 0 Å². The van der Waals surface area contributed by atoms with Crippen LogP contribution in [0.5, 0.6) is 0 Å². The zero-order valence-electron chi connectivity index (χ0n) is 7.04. The van der Waals surface area contributed by atoms with Crippen LogP contribution in [0.25, 0.3) is 0 Å². The molecule has 0 spiro atoms. The lowest BCUT2D eigenvalue weighted by atomic mass is 10.1. The zero-order chi connectivity index (χ0) is 8.55. The Morgan fingerprint density at radius 3 is 2.75 bits per heavy atom. The summed E-state index contributed by atoms with van der Waals surface area (Å²) in [5, 5.41) is 8.84. The summed E-state index contributed by atoms with van der Waals surface area (Å²) in [5.41, 5.74) is 3.03. The fraction of sp³-hybridized carbons (Fsp3) is 0.300. The highest BCUT2D eigenvalue weighted by molar-refractivity contribution is 5.63. The van der Waals surface area contributed by atoms with Crippen LogP contribution in [0.3, 0.4) is 0 Å². The number of nitrogens with zero attached hydrogens (tertiary/aromatic N) is 2. The second-order valence-electron chi connectivity index (χ2n) is 3.12. The summed E-state index contributed by atoms with van der Waals surface area (Å²) in [7, 11) is 0. The first-order valence-corrected chi connectivity index (χ1v) is 4.07. The smallest absolute Gasteiger partial charge is 0.101 e. The second kappa shape index (κ2) is 2.53.